The van der Waals surface area contributed by atoms with Crippen molar-refractivity contribution in [3.63, 3.8) is 0 Å². The second-order valence-corrected chi connectivity index (χ2v) is 13.8. The normalized spacial score (nSPS) is 22.0. The molecule has 4 aliphatic rings. The average Bonchev–Trinajstić information content (AvgIpc) is 3.23. The standard InChI is InChI=1S/C32H37Cl2F4N5O3/c33-21-17-20(27(39-24(21)18-5-1-6-18)42-13-3-9-31(35,36)11-15-42)29(44)41-26-22(30(45)46)28(40-25(23(26)34)19-7-2-8-19)43-14-4-10-32(37,38)12-16-43/h17-19H,1-16H2,(H,45,46)(H,40,41,44). The molecule has 2 aliphatic heterocycles. The molecular formula is C32H37Cl2F4N5O3. The maximum absolute atomic E-state index is 14.3. The number of pyridine rings is 2. The molecule has 250 valence electrons. The quantitative estimate of drug-likeness (QED) is 0.282. The zero-order valence-corrected chi connectivity index (χ0v) is 26.9. The molecule has 2 aliphatic carbocycles. The number of carbonyl (C=O) groups excluding carboxylic acids is 1. The summed E-state index contributed by atoms with van der Waals surface area (Å²) in [6.45, 7) is 0.262. The number of rotatable bonds is 7. The Bertz CT molecular complexity index is 1520. The van der Waals surface area contributed by atoms with Gasteiger partial charge in [0.15, 0.2) is 0 Å². The minimum absolute atomic E-state index is 0.00339. The zero-order valence-electron chi connectivity index (χ0n) is 25.4. The van der Waals surface area contributed by atoms with Gasteiger partial charge in [-0.3, -0.25) is 4.79 Å². The highest BCUT2D eigenvalue weighted by Crippen LogP contribution is 2.46. The molecule has 14 heteroatoms. The molecule has 2 aromatic rings. The molecule has 2 saturated carbocycles. The second kappa shape index (κ2) is 13.0. The highest BCUT2D eigenvalue weighted by molar-refractivity contribution is 6.36. The molecule has 46 heavy (non-hydrogen) atoms. The van der Waals surface area contributed by atoms with Gasteiger partial charge < -0.3 is 20.2 Å². The molecule has 6 rings (SSSR count). The summed E-state index contributed by atoms with van der Waals surface area (Å²) >= 11 is 13.5. The Morgan fingerprint density at radius 3 is 1.83 bits per heavy atom. The van der Waals surface area contributed by atoms with Gasteiger partial charge in [0.1, 0.15) is 17.2 Å². The lowest BCUT2D eigenvalue weighted by atomic mass is 9.82. The first-order chi connectivity index (χ1) is 21.8. The number of carboxylic acids is 1. The van der Waals surface area contributed by atoms with Crippen LogP contribution in [0, 0.1) is 0 Å². The number of amides is 1. The van der Waals surface area contributed by atoms with Gasteiger partial charge >= 0.3 is 5.97 Å². The Morgan fingerprint density at radius 1 is 0.783 bits per heavy atom. The number of nitrogens with zero attached hydrogens (tertiary/aromatic N) is 4. The summed E-state index contributed by atoms with van der Waals surface area (Å²) in [6.07, 6.45) is 4.05. The number of alkyl halides is 4. The van der Waals surface area contributed by atoms with Crippen LogP contribution in [0.2, 0.25) is 10.0 Å². The number of halogens is 6. The largest absolute Gasteiger partial charge is 0.477 e. The van der Waals surface area contributed by atoms with E-state index in [0.717, 1.165) is 38.5 Å². The smallest absolute Gasteiger partial charge is 0.341 e. The van der Waals surface area contributed by atoms with E-state index in [2.05, 4.69) is 10.3 Å². The third-order valence-corrected chi connectivity index (χ3v) is 10.5. The molecule has 1 amide bonds. The first kappa shape index (κ1) is 33.1. The van der Waals surface area contributed by atoms with Crippen LogP contribution in [-0.4, -0.2) is 65.0 Å². The van der Waals surface area contributed by atoms with Gasteiger partial charge in [0.05, 0.1) is 32.7 Å². The molecule has 2 aromatic heterocycles. The van der Waals surface area contributed by atoms with E-state index < -0.39 is 42.1 Å². The summed E-state index contributed by atoms with van der Waals surface area (Å²) in [5, 5.41) is 13.4. The highest BCUT2D eigenvalue weighted by atomic mass is 35.5. The van der Waals surface area contributed by atoms with E-state index >= 15 is 0 Å². The summed E-state index contributed by atoms with van der Waals surface area (Å²) in [5.74, 6) is -7.71. The van der Waals surface area contributed by atoms with Crippen molar-refractivity contribution in [1.82, 2.24) is 9.97 Å². The minimum atomic E-state index is -2.88. The van der Waals surface area contributed by atoms with E-state index in [-0.39, 0.29) is 96.6 Å². The summed E-state index contributed by atoms with van der Waals surface area (Å²) in [7, 11) is 0. The van der Waals surface area contributed by atoms with Gasteiger partial charge in [0, 0.05) is 63.7 Å². The molecule has 8 nitrogen and oxygen atoms in total. The fraction of sp³-hybridized carbons (Fsp3) is 0.625. The summed E-state index contributed by atoms with van der Waals surface area (Å²) in [5.41, 5.74) is 0.438. The first-order valence-electron chi connectivity index (χ1n) is 16.1. The SMILES string of the molecule is O=C(Nc1c(Cl)c(C2CCC2)nc(N2CCCC(F)(F)CC2)c1C(=O)O)c1cc(Cl)c(C2CCC2)nc1N1CCCC(F)(F)CC1. The van der Waals surface area contributed by atoms with Crippen molar-refractivity contribution in [2.45, 2.75) is 101 Å². The van der Waals surface area contributed by atoms with Crippen molar-refractivity contribution in [2.75, 3.05) is 41.3 Å². The first-order valence-corrected chi connectivity index (χ1v) is 16.8. The van der Waals surface area contributed by atoms with Gasteiger partial charge in [-0.05, 0) is 44.6 Å². The predicted octanol–water partition coefficient (Wildman–Crippen LogP) is 8.52. The fourth-order valence-electron chi connectivity index (χ4n) is 6.67. The number of nitrogens with one attached hydrogen (secondary N) is 1. The highest BCUT2D eigenvalue weighted by Gasteiger charge is 2.38. The maximum Gasteiger partial charge on any atom is 0.341 e. The van der Waals surface area contributed by atoms with Crippen LogP contribution in [0.25, 0.3) is 0 Å². The Kier molecular flexibility index (Phi) is 9.32. The van der Waals surface area contributed by atoms with Crippen molar-refractivity contribution in [1.29, 1.82) is 0 Å². The summed E-state index contributed by atoms with van der Waals surface area (Å²) < 4.78 is 57.2. The van der Waals surface area contributed by atoms with Gasteiger partial charge in [0.2, 0.25) is 11.8 Å². The molecule has 2 N–H and O–H groups in total. The minimum Gasteiger partial charge on any atom is -0.477 e. The molecule has 0 unspecified atom stereocenters. The number of hydrogen-bond donors (Lipinski definition) is 2. The lowest BCUT2D eigenvalue weighted by molar-refractivity contribution is -0.0109. The van der Waals surface area contributed by atoms with Crippen LogP contribution < -0.4 is 15.1 Å². The molecule has 2 saturated heterocycles. The van der Waals surface area contributed by atoms with E-state index in [1.165, 1.54) is 11.0 Å². The predicted molar refractivity (Wildman–Crippen MR) is 169 cm³/mol. The van der Waals surface area contributed by atoms with Crippen LogP contribution in [0.1, 0.15) is 121 Å². The second-order valence-electron chi connectivity index (χ2n) is 13.0. The Balaban J connectivity index is 1.43. The van der Waals surface area contributed by atoms with Crippen LogP contribution in [-0.2, 0) is 0 Å². The van der Waals surface area contributed by atoms with Crippen molar-refractivity contribution in [2.24, 2.45) is 0 Å². The van der Waals surface area contributed by atoms with Crippen molar-refractivity contribution < 1.29 is 32.3 Å². The van der Waals surface area contributed by atoms with Crippen LogP contribution in [0.4, 0.5) is 34.9 Å². The Hall–Kier alpha value is -2.86. The van der Waals surface area contributed by atoms with Crippen molar-refractivity contribution in [3.05, 3.63) is 38.6 Å². The zero-order chi connectivity index (χ0) is 32.8. The molecule has 0 radical (unpaired) electrons. The number of hydrogen-bond acceptors (Lipinski definition) is 6. The van der Waals surface area contributed by atoms with Gasteiger partial charge in [-0.2, -0.15) is 0 Å². The van der Waals surface area contributed by atoms with E-state index in [0.29, 0.717) is 11.4 Å². The van der Waals surface area contributed by atoms with Gasteiger partial charge in [-0.15, -0.1) is 0 Å². The van der Waals surface area contributed by atoms with Crippen LogP contribution >= 0.6 is 23.2 Å². The Labute approximate surface area is 274 Å². The summed E-state index contributed by atoms with van der Waals surface area (Å²) in [4.78, 5) is 39.6. The monoisotopic (exact) mass is 685 g/mol. The van der Waals surface area contributed by atoms with E-state index in [1.807, 2.05) is 0 Å². The van der Waals surface area contributed by atoms with E-state index in [9.17, 15) is 32.3 Å². The molecule has 0 atom stereocenters. The van der Waals surface area contributed by atoms with Gasteiger partial charge in [-0.25, -0.2) is 32.3 Å². The van der Waals surface area contributed by atoms with Gasteiger partial charge in [-0.1, -0.05) is 36.0 Å². The molecular weight excluding hydrogens is 649 g/mol. The van der Waals surface area contributed by atoms with E-state index in [1.54, 1.807) is 4.90 Å². The van der Waals surface area contributed by atoms with Crippen LogP contribution in [0.5, 0.6) is 0 Å². The molecule has 0 aromatic carbocycles. The topological polar surface area (TPSA) is 98.7 Å². The van der Waals surface area contributed by atoms with Gasteiger partial charge in [0.25, 0.3) is 5.91 Å². The van der Waals surface area contributed by atoms with Crippen molar-refractivity contribution >= 4 is 52.4 Å². The molecule has 4 fully saturated rings. The number of anilines is 3. The molecule has 4 heterocycles. The van der Waals surface area contributed by atoms with E-state index in [4.69, 9.17) is 28.2 Å². The molecule has 0 spiro atoms. The Morgan fingerprint density at radius 2 is 1.30 bits per heavy atom. The van der Waals surface area contributed by atoms with Crippen LogP contribution in [0.15, 0.2) is 6.07 Å². The lowest BCUT2D eigenvalue weighted by Crippen LogP contribution is -2.31. The lowest BCUT2D eigenvalue weighted by Gasteiger charge is -2.31. The van der Waals surface area contributed by atoms with Crippen molar-refractivity contribution in [3.8, 4) is 0 Å². The third-order valence-electron chi connectivity index (χ3n) is 9.84. The average molecular weight is 687 g/mol. The fourth-order valence-corrected chi connectivity index (χ4v) is 7.31. The third kappa shape index (κ3) is 6.74. The number of carboxylic acid groups (broad SMARTS) is 1. The van der Waals surface area contributed by atoms with Crippen LogP contribution in [0.3, 0.4) is 0 Å². The maximum atomic E-state index is 14.3. The summed E-state index contributed by atoms with van der Waals surface area (Å²) in [6, 6.07) is 1.47. The molecule has 0 bridgehead atoms. The number of carbonyl (C=O) groups is 2. The number of aromatic carboxylic acids is 1. The number of aromatic nitrogens is 2.